The first-order valence-electron chi connectivity index (χ1n) is 5.91. The van der Waals surface area contributed by atoms with Gasteiger partial charge < -0.3 is 0 Å². The zero-order chi connectivity index (χ0) is 15.2. The molecule has 0 aliphatic carbocycles. The van der Waals surface area contributed by atoms with E-state index >= 15 is 0 Å². The van der Waals surface area contributed by atoms with Crippen LogP contribution >= 0.6 is 0 Å². The maximum atomic E-state index is 11.7. The summed E-state index contributed by atoms with van der Waals surface area (Å²) in [6, 6.07) is 0. The van der Waals surface area contributed by atoms with E-state index in [2.05, 4.69) is 0 Å². The Morgan fingerprint density at radius 1 is 0.684 bits per heavy atom. The van der Waals surface area contributed by atoms with E-state index in [1.807, 2.05) is 0 Å². The molecule has 3 atom stereocenters. The molecule has 6 nitrogen and oxygen atoms in total. The summed E-state index contributed by atoms with van der Waals surface area (Å²) in [6.45, 7) is 5.12. The van der Waals surface area contributed by atoms with Crippen LogP contribution in [0.4, 0.5) is 0 Å². The van der Waals surface area contributed by atoms with Gasteiger partial charge in [-0.25, -0.2) is 0 Å². The van der Waals surface area contributed by atoms with Gasteiger partial charge in [-0.1, -0.05) is 0 Å². The topological polar surface area (TPSA) is 78.9 Å². The van der Waals surface area contributed by atoms with Crippen molar-refractivity contribution in [2.24, 2.45) is 0 Å². The third kappa shape index (κ3) is 4.67. The summed E-state index contributed by atoms with van der Waals surface area (Å²) in [7, 11) is 3.89. The Morgan fingerprint density at radius 3 is 1.05 bits per heavy atom. The van der Waals surface area contributed by atoms with E-state index in [4.69, 9.17) is 14.2 Å². The first kappa shape index (κ1) is 18.2. The van der Waals surface area contributed by atoms with Crippen molar-refractivity contribution in [3.05, 3.63) is 0 Å². The Labute approximate surface area is 120 Å². The van der Waals surface area contributed by atoms with Gasteiger partial charge in [0.1, 0.15) is 0 Å². The Balaban J connectivity index is 5.29. The van der Waals surface area contributed by atoms with Crippen LogP contribution < -0.4 is 0 Å². The summed E-state index contributed by atoms with van der Waals surface area (Å²) in [5.41, 5.74) is 0. The van der Waals surface area contributed by atoms with Crippen LogP contribution in [0.25, 0.3) is 0 Å². The molecule has 7 heteroatoms. The standard InChI is InChI=1S/3C4H7O2.Sn/c3*1-3-4(5)6-2;/h3*3H,1-2H3;. The minimum atomic E-state index is -2.84. The second kappa shape index (κ2) is 8.39. The summed E-state index contributed by atoms with van der Waals surface area (Å²) >= 11 is -2.84. The molecule has 0 aromatic heterocycles. The normalized spacial score (nSPS) is 15.3. The van der Waals surface area contributed by atoms with Crippen molar-refractivity contribution in [3.8, 4) is 0 Å². The van der Waals surface area contributed by atoms with E-state index in [-0.39, 0.29) is 17.9 Å². The number of carbonyl (C=O) groups is 3. The molecular weight excluding hydrogens is 359 g/mol. The van der Waals surface area contributed by atoms with Crippen molar-refractivity contribution in [1.29, 1.82) is 0 Å². The molecule has 0 N–H and O–H groups in total. The molecule has 1 radical (unpaired) electrons. The molecule has 19 heavy (non-hydrogen) atoms. The molecule has 0 saturated heterocycles. The molecule has 0 aliphatic heterocycles. The van der Waals surface area contributed by atoms with Gasteiger partial charge in [0.05, 0.1) is 0 Å². The first-order chi connectivity index (χ1) is 8.81. The van der Waals surface area contributed by atoms with Crippen molar-refractivity contribution in [2.75, 3.05) is 21.3 Å². The summed E-state index contributed by atoms with van der Waals surface area (Å²) < 4.78 is 12.9. The van der Waals surface area contributed by atoms with Gasteiger partial charge in [0.15, 0.2) is 0 Å². The SMILES string of the molecule is COC(=O)[CH](C)[Sn]([CH](C)C(=O)OC)[CH](C)C(=O)OC. The first-order valence-corrected chi connectivity index (χ1v) is 10.9. The quantitative estimate of drug-likeness (QED) is 0.391. The van der Waals surface area contributed by atoms with Crippen molar-refractivity contribution in [2.45, 2.75) is 32.6 Å². The average Bonchev–Trinajstić information content (AvgIpc) is 2.43. The molecular formula is C12H21O6Sn. The number of ether oxygens (including phenoxy) is 3. The Kier molecular flexibility index (Phi) is 8.04. The second-order valence-corrected chi connectivity index (χ2v) is 14.5. The van der Waals surface area contributed by atoms with Gasteiger partial charge in [0, 0.05) is 0 Å². The molecule has 0 heterocycles. The molecule has 0 bridgehead atoms. The van der Waals surface area contributed by atoms with E-state index in [9.17, 15) is 14.4 Å². The maximum absolute atomic E-state index is 11.7. The fraction of sp³-hybridized carbons (Fsp3) is 0.750. The van der Waals surface area contributed by atoms with E-state index < -0.39 is 31.6 Å². The van der Waals surface area contributed by atoms with Gasteiger partial charge in [-0.3, -0.25) is 0 Å². The zero-order valence-electron chi connectivity index (χ0n) is 12.2. The second-order valence-electron chi connectivity index (χ2n) is 4.23. The van der Waals surface area contributed by atoms with Crippen LogP contribution in [0, 0.1) is 0 Å². The molecule has 0 aliphatic rings. The number of rotatable bonds is 6. The third-order valence-corrected chi connectivity index (χ3v) is 13.7. The fourth-order valence-corrected chi connectivity index (χ4v) is 11.8. The van der Waals surface area contributed by atoms with Crippen LogP contribution in [0.15, 0.2) is 0 Å². The predicted octanol–water partition coefficient (Wildman–Crippen LogP) is 1.17. The summed E-state index contributed by atoms with van der Waals surface area (Å²) in [4.78, 5) is 35.1. The fourth-order valence-electron chi connectivity index (χ4n) is 2.06. The van der Waals surface area contributed by atoms with Gasteiger partial charge in [0.2, 0.25) is 0 Å². The van der Waals surface area contributed by atoms with Gasteiger partial charge in [0.25, 0.3) is 0 Å². The molecule has 0 rings (SSSR count). The predicted molar refractivity (Wildman–Crippen MR) is 70.1 cm³/mol. The van der Waals surface area contributed by atoms with Gasteiger partial charge in [-0.2, -0.15) is 0 Å². The van der Waals surface area contributed by atoms with Crippen LogP contribution in [-0.2, 0) is 28.6 Å². The van der Waals surface area contributed by atoms with E-state index in [0.717, 1.165) is 0 Å². The molecule has 0 amide bonds. The van der Waals surface area contributed by atoms with Crippen LogP contribution in [0.1, 0.15) is 20.8 Å². The van der Waals surface area contributed by atoms with Gasteiger partial charge in [-0.15, -0.1) is 0 Å². The number of hydrogen-bond acceptors (Lipinski definition) is 6. The summed E-state index contributed by atoms with van der Waals surface area (Å²) in [5.74, 6) is -1.16. The van der Waals surface area contributed by atoms with E-state index in [1.165, 1.54) is 21.3 Å². The van der Waals surface area contributed by atoms with Gasteiger partial charge >= 0.3 is 120 Å². The molecule has 0 spiro atoms. The minimum absolute atomic E-state index is 0.388. The Hall–Kier alpha value is -0.791. The van der Waals surface area contributed by atoms with Crippen molar-refractivity contribution < 1.29 is 28.6 Å². The molecule has 0 fully saturated rings. The summed E-state index contributed by atoms with van der Waals surface area (Å²) in [6.07, 6.45) is 0. The van der Waals surface area contributed by atoms with E-state index in [0.29, 0.717) is 0 Å². The number of hydrogen-bond donors (Lipinski definition) is 0. The van der Waals surface area contributed by atoms with Crippen LogP contribution in [0.5, 0.6) is 0 Å². The van der Waals surface area contributed by atoms with Gasteiger partial charge in [-0.05, 0) is 0 Å². The molecule has 0 aromatic carbocycles. The van der Waals surface area contributed by atoms with E-state index in [1.54, 1.807) is 20.8 Å². The van der Waals surface area contributed by atoms with Crippen LogP contribution in [0.2, 0.25) is 11.8 Å². The van der Waals surface area contributed by atoms with Crippen molar-refractivity contribution in [3.63, 3.8) is 0 Å². The number of methoxy groups -OCH3 is 3. The van der Waals surface area contributed by atoms with Crippen molar-refractivity contribution >= 4 is 37.7 Å². The van der Waals surface area contributed by atoms with Crippen LogP contribution in [0.3, 0.4) is 0 Å². The third-order valence-electron chi connectivity index (χ3n) is 3.16. The monoisotopic (exact) mass is 381 g/mol. The molecule has 0 aromatic rings. The molecule has 0 saturated carbocycles. The Bertz CT molecular complexity index is 291. The number of esters is 3. The Morgan fingerprint density at radius 2 is 0.895 bits per heavy atom. The van der Waals surface area contributed by atoms with Crippen molar-refractivity contribution in [1.82, 2.24) is 0 Å². The molecule has 3 unspecified atom stereocenters. The zero-order valence-corrected chi connectivity index (χ0v) is 15.0. The number of carbonyl (C=O) groups excluding carboxylic acids is 3. The molecule has 109 valence electrons. The average molecular weight is 380 g/mol. The van der Waals surface area contributed by atoms with Crippen LogP contribution in [-0.4, -0.2) is 59.0 Å². The summed E-state index contributed by atoms with van der Waals surface area (Å²) in [5, 5.41) is 0.